The minimum atomic E-state index is 0.329. The van der Waals surface area contributed by atoms with Crippen molar-refractivity contribution in [3.05, 3.63) is 28.8 Å². The van der Waals surface area contributed by atoms with Gasteiger partial charge in [-0.1, -0.05) is 23.8 Å². The van der Waals surface area contributed by atoms with Gasteiger partial charge in [-0.2, -0.15) is 0 Å². The first-order valence-corrected chi connectivity index (χ1v) is 6.93. The highest BCUT2D eigenvalue weighted by Gasteiger charge is 2.40. The molecule has 2 fully saturated rings. The summed E-state index contributed by atoms with van der Waals surface area (Å²) in [4.78, 5) is 0.329. The molecule has 0 saturated carbocycles. The Morgan fingerprint density at radius 1 is 1.44 bits per heavy atom. The van der Waals surface area contributed by atoms with E-state index in [9.17, 15) is 0 Å². The van der Waals surface area contributed by atoms with Gasteiger partial charge in [-0.25, -0.2) is 0 Å². The van der Waals surface area contributed by atoms with Crippen molar-refractivity contribution in [1.82, 2.24) is 0 Å². The van der Waals surface area contributed by atoms with E-state index in [-0.39, 0.29) is 0 Å². The summed E-state index contributed by atoms with van der Waals surface area (Å²) in [6, 6.07) is 6.10. The third kappa shape index (κ3) is 2.20. The SMILES string of the molecule is NC(=S)c1ccc(NC2CC3CCC2O3)cc1Cl. The van der Waals surface area contributed by atoms with Gasteiger partial charge in [-0.15, -0.1) is 0 Å². The first-order valence-electron chi connectivity index (χ1n) is 6.15. The lowest BCUT2D eigenvalue weighted by atomic mass is 9.95. The summed E-state index contributed by atoms with van der Waals surface area (Å²) in [6.45, 7) is 0. The zero-order chi connectivity index (χ0) is 12.7. The molecule has 2 saturated heterocycles. The summed E-state index contributed by atoms with van der Waals surface area (Å²) in [5.74, 6) is 0. The Hall–Kier alpha value is -0.840. The lowest BCUT2D eigenvalue weighted by Gasteiger charge is -2.21. The molecule has 2 aliphatic rings. The van der Waals surface area contributed by atoms with E-state index in [0.717, 1.165) is 24.1 Å². The molecule has 2 bridgehead atoms. The number of thiocarbonyl (C=S) groups is 1. The molecule has 1 aromatic rings. The zero-order valence-corrected chi connectivity index (χ0v) is 11.4. The van der Waals surface area contributed by atoms with Crippen LogP contribution in [-0.4, -0.2) is 23.2 Å². The van der Waals surface area contributed by atoms with E-state index in [0.29, 0.717) is 28.3 Å². The van der Waals surface area contributed by atoms with E-state index in [1.165, 1.54) is 6.42 Å². The molecule has 3 N–H and O–H groups in total. The lowest BCUT2D eigenvalue weighted by Crippen LogP contribution is -2.30. The lowest BCUT2D eigenvalue weighted by molar-refractivity contribution is 0.102. The smallest absolute Gasteiger partial charge is 0.105 e. The third-order valence-corrected chi connectivity index (χ3v) is 4.23. The normalized spacial score (nSPS) is 29.5. The average molecular weight is 283 g/mol. The Morgan fingerprint density at radius 3 is 2.83 bits per heavy atom. The number of hydrogen-bond acceptors (Lipinski definition) is 3. The Morgan fingerprint density at radius 2 is 2.28 bits per heavy atom. The number of ether oxygens (including phenoxy) is 1. The third-order valence-electron chi connectivity index (χ3n) is 3.69. The van der Waals surface area contributed by atoms with E-state index in [4.69, 9.17) is 34.3 Å². The summed E-state index contributed by atoms with van der Waals surface area (Å²) in [7, 11) is 0. The minimum absolute atomic E-state index is 0.329. The molecule has 0 radical (unpaired) electrons. The van der Waals surface area contributed by atoms with Gasteiger partial charge in [0.25, 0.3) is 0 Å². The fourth-order valence-corrected chi connectivity index (χ4v) is 3.32. The number of rotatable bonds is 3. The maximum Gasteiger partial charge on any atom is 0.105 e. The Bertz CT molecular complexity index is 494. The van der Waals surface area contributed by atoms with Crippen molar-refractivity contribution in [1.29, 1.82) is 0 Å². The van der Waals surface area contributed by atoms with E-state index in [1.807, 2.05) is 18.2 Å². The summed E-state index contributed by atoms with van der Waals surface area (Å²) in [5, 5.41) is 4.08. The van der Waals surface area contributed by atoms with Crippen LogP contribution in [0, 0.1) is 0 Å². The summed E-state index contributed by atoms with van der Waals surface area (Å²) < 4.78 is 5.81. The number of hydrogen-bond donors (Lipinski definition) is 2. The van der Waals surface area contributed by atoms with Gasteiger partial charge in [0.2, 0.25) is 0 Å². The standard InChI is InChI=1S/C13H15ClN2OS/c14-10-5-7(1-3-9(10)13(15)18)16-11-6-8-2-4-12(11)17-8/h1,3,5,8,11-12,16H,2,4,6H2,(H2,15,18). The molecule has 0 spiro atoms. The van der Waals surface area contributed by atoms with E-state index >= 15 is 0 Å². The molecular weight excluding hydrogens is 268 g/mol. The first-order chi connectivity index (χ1) is 8.63. The molecule has 96 valence electrons. The van der Waals surface area contributed by atoms with Crippen LogP contribution in [0.2, 0.25) is 5.02 Å². The molecule has 1 aromatic carbocycles. The molecule has 3 rings (SSSR count). The van der Waals surface area contributed by atoms with Crippen LogP contribution in [0.5, 0.6) is 0 Å². The fourth-order valence-electron chi connectivity index (χ4n) is 2.81. The Labute approximate surface area is 117 Å². The number of nitrogens with one attached hydrogen (secondary N) is 1. The quantitative estimate of drug-likeness (QED) is 0.837. The van der Waals surface area contributed by atoms with Crippen LogP contribution in [0.1, 0.15) is 24.8 Å². The molecule has 0 aliphatic carbocycles. The Balaban J connectivity index is 1.74. The van der Waals surface area contributed by atoms with Crippen LogP contribution in [0.15, 0.2) is 18.2 Å². The number of fused-ring (bicyclic) bond motifs is 2. The second kappa shape index (κ2) is 4.68. The highest BCUT2D eigenvalue weighted by Crippen LogP contribution is 2.36. The van der Waals surface area contributed by atoms with Gasteiger partial charge in [0.1, 0.15) is 4.99 Å². The summed E-state index contributed by atoms with van der Waals surface area (Å²) in [6.07, 6.45) is 4.23. The predicted octanol–water partition coefficient (Wildman–Crippen LogP) is 2.71. The van der Waals surface area contributed by atoms with Crippen molar-refractivity contribution in [3.63, 3.8) is 0 Å². The maximum absolute atomic E-state index is 6.15. The molecule has 3 atom stereocenters. The van der Waals surface area contributed by atoms with Crippen molar-refractivity contribution < 1.29 is 4.74 Å². The van der Waals surface area contributed by atoms with Crippen LogP contribution in [0.25, 0.3) is 0 Å². The summed E-state index contributed by atoms with van der Waals surface area (Å²) in [5.41, 5.74) is 7.31. The van der Waals surface area contributed by atoms with Crippen LogP contribution in [0.4, 0.5) is 5.69 Å². The van der Waals surface area contributed by atoms with Gasteiger partial charge in [-0.3, -0.25) is 0 Å². The fraction of sp³-hybridized carbons (Fsp3) is 0.462. The van der Waals surface area contributed by atoms with Crippen molar-refractivity contribution >= 4 is 34.5 Å². The van der Waals surface area contributed by atoms with Gasteiger partial charge in [-0.05, 0) is 37.5 Å². The molecule has 2 aliphatic heterocycles. The van der Waals surface area contributed by atoms with Crippen molar-refractivity contribution in [2.24, 2.45) is 5.73 Å². The van der Waals surface area contributed by atoms with Crippen molar-refractivity contribution in [2.75, 3.05) is 5.32 Å². The number of benzene rings is 1. The molecular formula is C13H15ClN2OS. The van der Waals surface area contributed by atoms with Crippen LogP contribution in [0.3, 0.4) is 0 Å². The minimum Gasteiger partial charge on any atom is -0.389 e. The van der Waals surface area contributed by atoms with Crippen LogP contribution in [-0.2, 0) is 4.74 Å². The summed E-state index contributed by atoms with van der Waals surface area (Å²) >= 11 is 11.1. The highest BCUT2D eigenvalue weighted by atomic mass is 35.5. The predicted molar refractivity (Wildman–Crippen MR) is 77.3 cm³/mol. The van der Waals surface area contributed by atoms with Gasteiger partial charge >= 0.3 is 0 Å². The zero-order valence-electron chi connectivity index (χ0n) is 9.86. The molecule has 0 aromatic heterocycles. The van der Waals surface area contributed by atoms with Gasteiger partial charge < -0.3 is 15.8 Å². The monoisotopic (exact) mass is 282 g/mol. The molecule has 3 unspecified atom stereocenters. The average Bonchev–Trinajstić information content (AvgIpc) is 2.90. The van der Waals surface area contributed by atoms with E-state index < -0.39 is 0 Å². The molecule has 18 heavy (non-hydrogen) atoms. The number of nitrogens with two attached hydrogens (primary N) is 1. The molecule has 3 nitrogen and oxygen atoms in total. The van der Waals surface area contributed by atoms with E-state index in [2.05, 4.69) is 5.32 Å². The maximum atomic E-state index is 6.15. The second-order valence-corrected chi connectivity index (χ2v) is 5.77. The highest BCUT2D eigenvalue weighted by molar-refractivity contribution is 7.80. The van der Waals surface area contributed by atoms with Gasteiger partial charge in [0.05, 0.1) is 23.3 Å². The van der Waals surface area contributed by atoms with Gasteiger partial charge in [0.15, 0.2) is 0 Å². The molecule has 5 heteroatoms. The largest absolute Gasteiger partial charge is 0.389 e. The molecule has 2 heterocycles. The van der Waals surface area contributed by atoms with Crippen molar-refractivity contribution in [2.45, 2.75) is 37.5 Å². The van der Waals surface area contributed by atoms with Crippen LogP contribution >= 0.6 is 23.8 Å². The first kappa shape index (κ1) is 12.2. The van der Waals surface area contributed by atoms with Crippen LogP contribution < -0.4 is 11.1 Å². The van der Waals surface area contributed by atoms with Crippen molar-refractivity contribution in [3.8, 4) is 0 Å². The van der Waals surface area contributed by atoms with Gasteiger partial charge in [0, 0.05) is 11.3 Å². The number of halogens is 1. The second-order valence-electron chi connectivity index (χ2n) is 4.92. The topological polar surface area (TPSA) is 47.3 Å². The molecule has 0 amide bonds. The van der Waals surface area contributed by atoms with E-state index in [1.54, 1.807) is 0 Å². The Kier molecular flexibility index (Phi) is 3.18. The number of anilines is 1.